The maximum absolute atomic E-state index is 14.3. The molecule has 6 nitrogen and oxygen atoms in total. The summed E-state index contributed by atoms with van der Waals surface area (Å²) in [6, 6.07) is 31.8. The zero-order chi connectivity index (χ0) is 48.1. The Kier molecular flexibility index (Phi) is 9.92. The van der Waals surface area contributed by atoms with Crippen LogP contribution in [0.2, 0.25) is 0 Å². The van der Waals surface area contributed by atoms with Crippen LogP contribution in [0.15, 0.2) is 146 Å². The van der Waals surface area contributed by atoms with Crippen molar-refractivity contribution >= 4 is 43.6 Å². The highest BCUT2D eigenvalue weighted by atomic mass is 19.4. The summed E-state index contributed by atoms with van der Waals surface area (Å²) >= 11 is 0. The molecule has 10 aromatic rings. The monoisotopic (exact) mass is 936 g/mol. The van der Waals surface area contributed by atoms with Gasteiger partial charge in [0.2, 0.25) is 0 Å². The Morgan fingerprint density at radius 2 is 0.632 bits per heavy atom. The van der Waals surface area contributed by atoms with Gasteiger partial charge in [-0.05, 0) is 84.9 Å². The topological polar surface area (TPSA) is 72.3 Å². The van der Waals surface area contributed by atoms with Crippen LogP contribution in [0.25, 0.3) is 89.2 Å². The molecule has 7 aromatic carbocycles. The summed E-state index contributed by atoms with van der Waals surface area (Å²) in [6.07, 6.45) is -19.7. The molecule has 18 heteroatoms. The molecule has 0 saturated heterocycles. The zero-order valence-electron chi connectivity index (χ0n) is 34.1. The van der Waals surface area contributed by atoms with E-state index in [2.05, 4.69) is 6.07 Å². The normalized spacial score (nSPS) is 12.7. The first-order valence-electron chi connectivity index (χ1n) is 20.1. The smallest absolute Gasteiger partial charge is 0.308 e. The molecule has 68 heavy (non-hydrogen) atoms. The Labute approximate surface area is 374 Å². The SMILES string of the molecule is N#Cc1c(-n2c3ccc(C(F)(F)F)cc3c3cc(C(F)(F)F)ccc32)cc(-c2nc(-c3ccccc3)nc(-c3ccccc3)n2)cc1-n1c2ccc(C(F)(F)F)cc2c2cc(C(F)(F)F)ccc21. The van der Waals surface area contributed by atoms with Gasteiger partial charge in [0, 0.05) is 38.2 Å². The third-order valence-electron chi connectivity index (χ3n) is 11.5. The van der Waals surface area contributed by atoms with Gasteiger partial charge in [-0.15, -0.1) is 0 Å². The summed E-state index contributed by atoms with van der Waals surface area (Å²) in [7, 11) is 0. The van der Waals surface area contributed by atoms with E-state index in [0.717, 1.165) is 24.3 Å². The van der Waals surface area contributed by atoms with E-state index in [9.17, 15) is 57.9 Å². The summed E-state index contributed by atoms with van der Waals surface area (Å²) in [5.74, 6) is 0.215. The molecule has 0 radical (unpaired) electrons. The van der Waals surface area contributed by atoms with Crippen LogP contribution in [-0.4, -0.2) is 24.1 Å². The van der Waals surface area contributed by atoms with Crippen molar-refractivity contribution in [2.75, 3.05) is 0 Å². The molecule has 10 rings (SSSR count). The lowest BCUT2D eigenvalue weighted by Crippen LogP contribution is -2.08. The molecule has 0 spiro atoms. The average Bonchev–Trinajstić information content (AvgIpc) is 3.81. The predicted molar refractivity (Wildman–Crippen MR) is 230 cm³/mol. The van der Waals surface area contributed by atoms with Gasteiger partial charge in [-0.2, -0.15) is 57.9 Å². The van der Waals surface area contributed by atoms with Gasteiger partial charge < -0.3 is 9.13 Å². The fourth-order valence-electron chi connectivity index (χ4n) is 8.42. The minimum absolute atomic E-state index is 0.0495. The van der Waals surface area contributed by atoms with E-state index in [1.54, 1.807) is 60.7 Å². The zero-order valence-corrected chi connectivity index (χ0v) is 34.1. The summed E-state index contributed by atoms with van der Waals surface area (Å²) < 4.78 is 174. The van der Waals surface area contributed by atoms with Crippen LogP contribution in [0.5, 0.6) is 0 Å². The second kappa shape index (κ2) is 15.4. The van der Waals surface area contributed by atoms with Crippen molar-refractivity contribution in [2.24, 2.45) is 0 Å². The first kappa shape index (κ1) is 43.7. The fraction of sp³-hybridized carbons (Fsp3) is 0.0800. The van der Waals surface area contributed by atoms with Gasteiger partial charge in [0.05, 0.1) is 55.7 Å². The molecule has 0 unspecified atom stereocenters. The number of fused-ring (bicyclic) bond motifs is 6. The number of nitrogens with zero attached hydrogens (tertiary/aromatic N) is 6. The molecule has 0 amide bonds. The standard InChI is InChI=1S/C50H24F12N6/c51-47(52,53)29-11-15-38-33(21-29)34-22-30(48(54,55)56)12-16-39(34)67(38)42-19-28(46-65-44(26-7-3-1-4-8-26)64-45(66-46)27-9-5-2-6-10-27)20-43(37(42)25-63)68-40-17-13-31(49(57,58)59)23-35(40)36-24-32(50(60,61)62)14-18-41(36)68/h1-24H. The number of nitriles is 1. The second-order valence-electron chi connectivity index (χ2n) is 15.6. The Morgan fingerprint density at radius 3 is 0.897 bits per heavy atom. The number of benzene rings is 7. The van der Waals surface area contributed by atoms with Gasteiger partial charge >= 0.3 is 24.7 Å². The third-order valence-corrected chi connectivity index (χ3v) is 11.5. The Hall–Kier alpha value is -8.20. The molecule has 0 aliphatic carbocycles. The Bertz CT molecular complexity index is 3320. The van der Waals surface area contributed by atoms with Gasteiger partial charge in [0.15, 0.2) is 17.5 Å². The molecule has 0 aliphatic rings. The van der Waals surface area contributed by atoms with E-state index < -0.39 is 47.0 Å². The molecular formula is C50H24F12N6. The van der Waals surface area contributed by atoms with Gasteiger partial charge in [0.1, 0.15) is 11.6 Å². The Morgan fingerprint density at radius 1 is 0.353 bits per heavy atom. The average molecular weight is 937 g/mol. The fourth-order valence-corrected chi connectivity index (χ4v) is 8.42. The molecule has 3 heterocycles. The van der Waals surface area contributed by atoms with Crippen LogP contribution >= 0.6 is 0 Å². The maximum atomic E-state index is 14.3. The largest absolute Gasteiger partial charge is 0.416 e. The van der Waals surface area contributed by atoms with Crippen molar-refractivity contribution in [1.82, 2.24) is 24.1 Å². The van der Waals surface area contributed by atoms with E-state index in [1.165, 1.54) is 21.3 Å². The van der Waals surface area contributed by atoms with Crippen molar-refractivity contribution < 1.29 is 52.7 Å². The van der Waals surface area contributed by atoms with Gasteiger partial charge in [0.25, 0.3) is 0 Å². The quantitative estimate of drug-likeness (QED) is 0.161. The first-order chi connectivity index (χ1) is 32.2. The highest BCUT2D eigenvalue weighted by Crippen LogP contribution is 2.45. The molecule has 0 atom stereocenters. The summed E-state index contributed by atoms with van der Waals surface area (Å²) in [5.41, 5.74) is -4.72. The number of rotatable bonds is 5. The van der Waals surface area contributed by atoms with Gasteiger partial charge in [-0.25, -0.2) is 15.0 Å². The molecule has 0 bridgehead atoms. The van der Waals surface area contributed by atoms with E-state index in [4.69, 9.17) is 15.0 Å². The first-order valence-corrected chi connectivity index (χ1v) is 20.1. The number of alkyl halides is 12. The van der Waals surface area contributed by atoms with Gasteiger partial charge in [-0.3, -0.25) is 0 Å². The molecule has 0 N–H and O–H groups in total. The van der Waals surface area contributed by atoms with E-state index in [1.807, 2.05) is 0 Å². The predicted octanol–water partition coefficient (Wildman–Crippen LogP) is 15.0. The van der Waals surface area contributed by atoms with Crippen LogP contribution in [0.3, 0.4) is 0 Å². The number of aromatic nitrogens is 5. The lowest BCUT2D eigenvalue weighted by Gasteiger charge is -2.19. The lowest BCUT2D eigenvalue weighted by molar-refractivity contribution is -0.138. The summed E-state index contributed by atoms with van der Waals surface area (Å²) in [5, 5.41) is 10.1. The molecule has 0 saturated carbocycles. The molecule has 0 aliphatic heterocycles. The highest BCUT2D eigenvalue weighted by Gasteiger charge is 2.36. The third kappa shape index (κ3) is 7.49. The Balaban J connectivity index is 1.38. The number of halogens is 12. The highest BCUT2D eigenvalue weighted by molar-refractivity contribution is 6.12. The van der Waals surface area contributed by atoms with Crippen LogP contribution < -0.4 is 0 Å². The van der Waals surface area contributed by atoms with E-state index in [-0.39, 0.29) is 83.6 Å². The van der Waals surface area contributed by atoms with Crippen molar-refractivity contribution in [3.63, 3.8) is 0 Å². The molecular weight excluding hydrogens is 913 g/mol. The summed E-state index contributed by atoms with van der Waals surface area (Å²) in [6.45, 7) is 0. The molecule has 3 aromatic heterocycles. The molecule has 0 fully saturated rings. The minimum atomic E-state index is -4.94. The van der Waals surface area contributed by atoms with Crippen LogP contribution in [0, 0.1) is 11.3 Å². The van der Waals surface area contributed by atoms with Gasteiger partial charge in [-0.1, -0.05) is 60.7 Å². The van der Waals surface area contributed by atoms with Crippen molar-refractivity contribution in [3.8, 4) is 51.6 Å². The maximum Gasteiger partial charge on any atom is 0.416 e. The van der Waals surface area contributed by atoms with Crippen molar-refractivity contribution in [1.29, 1.82) is 5.26 Å². The van der Waals surface area contributed by atoms with Crippen molar-refractivity contribution in [2.45, 2.75) is 24.7 Å². The number of hydrogen-bond acceptors (Lipinski definition) is 4. The van der Waals surface area contributed by atoms with Crippen LogP contribution in [0.1, 0.15) is 27.8 Å². The summed E-state index contributed by atoms with van der Waals surface area (Å²) in [4.78, 5) is 14.3. The lowest BCUT2D eigenvalue weighted by atomic mass is 10.0. The van der Waals surface area contributed by atoms with E-state index >= 15 is 0 Å². The van der Waals surface area contributed by atoms with Crippen LogP contribution in [-0.2, 0) is 24.7 Å². The molecule has 338 valence electrons. The van der Waals surface area contributed by atoms with Crippen molar-refractivity contribution in [3.05, 3.63) is 173 Å². The van der Waals surface area contributed by atoms with E-state index in [0.29, 0.717) is 59.7 Å². The number of hydrogen-bond donors (Lipinski definition) is 0. The second-order valence-corrected chi connectivity index (χ2v) is 15.6. The van der Waals surface area contributed by atoms with Crippen LogP contribution in [0.4, 0.5) is 52.7 Å². The minimum Gasteiger partial charge on any atom is -0.308 e.